The second kappa shape index (κ2) is 4.94. The molecular formula is C15H24N2O. The zero-order valence-electron chi connectivity index (χ0n) is 11.2. The molecule has 0 radical (unpaired) electrons. The van der Waals surface area contributed by atoms with Gasteiger partial charge in [-0.1, -0.05) is 31.4 Å². The molecule has 3 aliphatic rings. The van der Waals surface area contributed by atoms with E-state index in [1.807, 2.05) is 0 Å². The van der Waals surface area contributed by atoms with Crippen LogP contribution in [0.2, 0.25) is 0 Å². The van der Waals surface area contributed by atoms with Gasteiger partial charge in [-0.2, -0.15) is 0 Å². The summed E-state index contributed by atoms with van der Waals surface area (Å²) in [6.45, 7) is 4.11. The first kappa shape index (κ1) is 12.1. The highest BCUT2D eigenvalue weighted by Crippen LogP contribution is 2.37. The third kappa shape index (κ3) is 2.27. The molecule has 0 spiro atoms. The number of hydrogen-bond donors (Lipinski definition) is 1. The summed E-state index contributed by atoms with van der Waals surface area (Å²) in [4.78, 5) is 14.5. The molecule has 100 valence electrons. The van der Waals surface area contributed by atoms with Crippen LogP contribution < -0.4 is 5.32 Å². The van der Waals surface area contributed by atoms with Crippen LogP contribution in [-0.4, -0.2) is 29.1 Å². The minimum Gasteiger partial charge on any atom is -0.335 e. The molecule has 1 aliphatic carbocycles. The van der Waals surface area contributed by atoms with E-state index in [0.29, 0.717) is 18.1 Å². The highest BCUT2D eigenvalue weighted by molar-refractivity contribution is 5.76. The van der Waals surface area contributed by atoms with Crippen molar-refractivity contribution in [1.29, 1.82) is 0 Å². The summed E-state index contributed by atoms with van der Waals surface area (Å²) in [5.74, 6) is 0. The van der Waals surface area contributed by atoms with E-state index in [9.17, 15) is 4.79 Å². The van der Waals surface area contributed by atoms with E-state index < -0.39 is 0 Å². The first-order valence-electron chi connectivity index (χ1n) is 7.49. The average molecular weight is 248 g/mol. The van der Waals surface area contributed by atoms with Gasteiger partial charge in [0.25, 0.3) is 0 Å². The minimum absolute atomic E-state index is 0.196. The van der Waals surface area contributed by atoms with Gasteiger partial charge in [0.2, 0.25) is 0 Å². The number of piperidine rings is 1. The third-order valence-corrected chi connectivity index (χ3v) is 4.84. The second-order valence-electron chi connectivity index (χ2n) is 6.23. The molecule has 2 unspecified atom stereocenters. The molecule has 0 aromatic heterocycles. The van der Waals surface area contributed by atoms with E-state index in [-0.39, 0.29) is 6.03 Å². The van der Waals surface area contributed by atoms with Crippen molar-refractivity contribution in [1.82, 2.24) is 10.2 Å². The SMILES string of the molecule is C=C1CC2CCC(C1)N2C(=O)NC1CCCCC1. The van der Waals surface area contributed by atoms with Crippen molar-refractivity contribution in [2.75, 3.05) is 0 Å². The quantitative estimate of drug-likeness (QED) is 0.710. The first-order chi connectivity index (χ1) is 8.74. The normalized spacial score (nSPS) is 32.7. The average Bonchev–Trinajstić information content (AvgIpc) is 2.63. The molecule has 3 fully saturated rings. The fourth-order valence-electron chi connectivity index (χ4n) is 3.94. The Balaban J connectivity index is 1.60. The highest BCUT2D eigenvalue weighted by atomic mass is 16.2. The molecule has 3 heteroatoms. The predicted molar refractivity (Wildman–Crippen MR) is 72.4 cm³/mol. The molecule has 2 amide bonds. The summed E-state index contributed by atoms with van der Waals surface area (Å²) in [5, 5.41) is 3.26. The molecule has 18 heavy (non-hydrogen) atoms. The smallest absolute Gasteiger partial charge is 0.318 e. The Kier molecular flexibility index (Phi) is 3.31. The van der Waals surface area contributed by atoms with Gasteiger partial charge in [-0.25, -0.2) is 4.79 Å². The lowest BCUT2D eigenvalue weighted by atomic mass is 9.95. The zero-order chi connectivity index (χ0) is 12.5. The highest BCUT2D eigenvalue weighted by Gasteiger charge is 2.41. The molecule has 1 N–H and O–H groups in total. The number of nitrogens with zero attached hydrogens (tertiary/aromatic N) is 1. The van der Waals surface area contributed by atoms with Gasteiger partial charge in [0.05, 0.1) is 0 Å². The summed E-state index contributed by atoms with van der Waals surface area (Å²) in [6.07, 6.45) is 10.6. The summed E-state index contributed by atoms with van der Waals surface area (Å²) >= 11 is 0. The van der Waals surface area contributed by atoms with Gasteiger partial charge in [-0.15, -0.1) is 0 Å². The van der Waals surface area contributed by atoms with Crippen LogP contribution in [-0.2, 0) is 0 Å². The standard InChI is InChI=1S/C15H24N2O/c1-11-9-13-7-8-14(10-11)17(13)15(18)16-12-5-3-2-4-6-12/h12-14H,1-10H2,(H,16,18). The topological polar surface area (TPSA) is 32.3 Å². The van der Waals surface area contributed by atoms with Crippen LogP contribution in [0.4, 0.5) is 4.79 Å². The molecule has 3 nitrogen and oxygen atoms in total. The fourth-order valence-corrected chi connectivity index (χ4v) is 3.94. The van der Waals surface area contributed by atoms with Gasteiger partial charge in [0, 0.05) is 18.1 Å². The molecule has 2 bridgehead atoms. The summed E-state index contributed by atoms with van der Waals surface area (Å²) < 4.78 is 0. The summed E-state index contributed by atoms with van der Waals surface area (Å²) in [5.41, 5.74) is 1.34. The number of nitrogens with one attached hydrogen (secondary N) is 1. The first-order valence-corrected chi connectivity index (χ1v) is 7.49. The van der Waals surface area contributed by atoms with Crippen molar-refractivity contribution < 1.29 is 4.79 Å². The maximum Gasteiger partial charge on any atom is 0.318 e. The molecular weight excluding hydrogens is 224 g/mol. The Hall–Kier alpha value is -0.990. The second-order valence-corrected chi connectivity index (χ2v) is 6.23. The maximum absolute atomic E-state index is 12.4. The Morgan fingerprint density at radius 1 is 1.06 bits per heavy atom. The minimum atomic E-state index is 0.196. The molecule has 2 saturated heterocycles. The molecule has 2 heterocycles. The van der Waals surface area contributed by atoms with Crippen LogP contribution in [0.3, 0.4) is 0 Å². The largest absolute Gasteiger partial charge is 0.335 e. The van der Waals surface area contributed by atoms with Gasteiger partial charge in [0.1, 0.15) is 0 Å². The Labute approximate surface area is 110 Å². The van der Waals surface area contributed by atoms with Gasteiger partial charge in [-0.05, 0) is 38.5 Å². The van der Waals surface area contributed by atoms with Crippen molar-refractivity contribution in [3.63, 3.8) is 0 Å². The van der Waals surface area contributed by atoms with Gasteiger partial charge in [0.15, 0.2) is 0 Å². The fraction of sp³-hybridized carbons (Fsp3) is 0.800. The van der Waals surface area contributed by atoms with Crippen LogP contribution in [0.15, 0.2) is 12.2 Å². The molecule has 1 saturated carbocycles. The van der Waals surface area contributed by atoms with Crippen LogP contribution in [0.1, 0.15) is 57.8 Å². The maximum atomic E-state index is 12.4. The number of rotatable bonds is 1. The van der Waals surface area contributed by atoms with E-state index in [2.05, 4.69) is 16.8 Å². The van der Waals surface area contributed by atoms with E-state index in [0.717, 1.165) is 12.8 Å². The monoisotopic (exact) mass is 248 g/mol. The van der Waals surface area contributed by atoms with E-state index in [1.165, 1.54) is 50.5 Å². The lowest BCUT2D eigenvalue weighted by Gasteiger charge is -2.37. The van der Waals surface area contributed by atoms with E-state index >= 15 is 0 Å². The predicted octanol–water partition coefficient (Wildman–Crippen LogP) is 3.21. The van der Waals surface area contributed by atoms with Crippen molar-refractivity contribution >= 4 is 6.03 Å². The number of urea groups is 1. The lowest BCUT2D eigenvalue weighted by Crippen LogP contribution is -2.52. The third-order valence-electron chi connectivity index (χ3n) is 4.84. The number of amides is 2. The van der Waals surface area contributed by atoms with Crippen molar-refractivity contribution in [3.8, 4) is 0 Å². The van der Waals surface area contributed by atoms with Gasteiger partial charge in [-0.3, -0.25) is 0 Å². The van der Waals surface area contributed by atoms with Gasteiger partial charge >= 0.3 is 6.03 Å². The Morgan fingerprint density at radius 3 is 2.28 bits per heavy atom. The molecule has 3 rings (SSSR count). The van der Waals surface area contributed by atoms with Crippen molar-refractivity contribution in [3.05, 3.63) is 12.2 Å². The Morgan fingerprint density at radius 2 is 1.67 bits per heavy atom. The lowest BCUT2D eigenvalue weighted by molar-refractivity contribution is 0.155. The van der Waals surface area contributed by atoms with Crippen molar-refractivity contribution in [2.45, 2.75) is 75.9 Å². The number of carbonyl (C=O) groups excluding carboxylic acids is 1. The number of carbonyl (C=O) groups is 1. The Bertz CT molecular complexity index is 330. The van der Waals surface area contributed by atoms with Gasteiger partial charge < -0.3 is 10.2 Å². The van der Waals surface area contributed by atoms with Crippen LogP contribution in [0, 0.1) is 0 Å². The van der Waals surface area contributed by atoms with E-state index in [4.69, 9.17) is 0 Å². The van der Waals surface area contributed by atoms with Crippen LogP contribution in [0.25, 0.3) is 0 Å². The number of hydrogen-bond acceptors (Lipinski definition) is 1. The zero-order valence-corrected chi connectivity index (χ0v) is 11.2. The molecule has 2 aliphatic heterocycles. The van der Waals surface area contributed by atoms with Crippen molar-refractivity contribution in [2.24, 2.45) is 0 Å². The molecule has 2 atom stereocenters. The number of fused-ring (bicyclic) bond motifs is 2. The summed E-state index contributed by atoms with van der Waals surface area (Å²) in [6, 6.07) is 1.48. The van der Waals surface area contributed by atoms with Crippen LogP contribution >= 0.6 is 0 Å². The molecule has 0 aromatic carbocycles. The summed E-state index contributed by atoms with van der Waals surface area (Å²) in [7, 11) is 0. The molecule has 0 aromatic rings. The van der Waals surface area contributed by atoms with E-state index in [1.54, 1.807) is 0 Å². The van der Waals surface area contributed by atoms with Crippen LogP contribution in [0.5, 0.6) is 0 Å².